The highest BCUT2D eigenvalue weighted by Crippen LogP contribution is 2.41. The molecule has 8 heteroatoms. The van der Waals surface area contributed by atoms with Crippen LogP contribution >= 0.6 is 11.3 Å². The molecular weight excluding hydrogens is 376 g/mol. The number of anilines is 2. The molecule has 1 fully saturated rings. The minimum absolute atomic E-state index is 0.163. The Bertz CT molecular complexity index is 872. The number of nitrogens with one attached hydrogen (secondary N) is 2. The Kier molecular flexibility index (Phi) is 6.00. The number of nitrogen functional groups attached to an aromatic ring is 1. The number of benzene rings is 1. The third-order valence-corrected chi connectivity index (χ3v) is 6.37. The van der Waals surface area contributed by atoms with Crippen molar-refractivity contribution in [3.05, 3.63) is 39.8 Å². The molecule has 28 heavy (non-hydrogen) atoms. The Hall–Kier alpha value is -2.45. The van der Waals surface area contributed by atoms with E-state index in [1.54, 1.807) is 32.3 Å². The van der Waals surface area contributed by atoms with E-state index in [1.807, 2.05) is 6.07 Å². The van der Waals surface area contributed by atoms with Gasteiger partial charge < -0.3 is 20.9 Å². The number of hydrogen-bond acceptors (Lipinski definition) is 8. The van der Waals surface area contributed by atoms with Crippen LogP contribution in [0.1, 0.15) is 48.1 Å². The number of carbonyl (C=O) groups excluding carboxylic acids is 1. The molecule has 0 saturated heterocycles. The Morgan fingerprint density at radius 3 is 2.82 bits per heavy atom. The van der Waals surface area contributed by atoms with Crippen molar-refractivity contribution >= 4 is 34.4 Å². The number of nitrogens with two attached hydrogens (primary N) is 1. The third-order valence-electron chi connectivity index (χ3n) is 5.17. The zero-order valence-electron chi connectivity index (χ0n) is 16.1. The second-order valence-electron chi connectivity index (χ2n) is 7.02. The van der Waals surface area contributed by atoms with Crippen LogP contribution in [0.3, 0.4) is 0 Å². The molecule has 1 aromatic heterocycles. The van der Waals surface area contributed by atoms with E-state index in [4.69, 9.17) is 15.9 Å². The van der Waals surface area contributed by atoms with E-state index in [1.165, 1.54) is 11.3 Å². The molecule has 0 unspecified atom stereocenters. The number of hydrogen-bond donors (Lipinski definition) is 4. The van der Waals surface area contributed by atoms with Gasteiger partial charge in [0.05, 0.1) is 23.1 Å². The Morgan fingerprint density at radius 1 is 1.46 bits per heavy atom. The minimum atomic E-state index is -1.06. The summed E-state index contributed by atoms with van der Waals surface area (Å²) in [6.45, 7) is 2.17. The van der Waals surface area contributed by atoms with Crippen LogP contribution in [0.4, 0.5) is 11.4 Å². The standard InChI is InChI=1S/C20H26N4O3S/c1-3-27-18(25)12-6-8-20(26,9-7-12)19-24-11-16(28-19)17(22)14-10-13(21)4-5-15(14)23-2/h4-5,10-12,22-23,26H,3,6-9,21H2,1-2H3. The van der Waals surface area contributed by atoms with Gasteiger partial charge in [-0.15, -0.1) is 11.3 Å². The summed E-state index contributed by atoms with van der Waals surface area (Å²) in [6, 6.07) is 5.38. The molecule has 1 heterocycles. The molecule has 1 aliphatic carbocycles. The van der Waals surface area contributed by atoms with Crippen LogP contribution in [0, 0.1) is 11.3 Å². The van der Waals surface area contributed by atoms with Crippen molar-refractivity contribution in [2.75, 3.05) is 24.7 Å². The number of rotatable bonds is 6. The maximum atomic E-state index is 11.9. The number of aliphatic hydroxyl groups is 1. The highest BCUT2D eigenvalue weighted by Gasteiger charge is 2.40. The smallest absolute Gasteiger partial charge is 0.308 e. The van der Waals surface area contributed by atoms with E-state index in [9.17, 15) is 9.90 Å². The summed E-state index contributed by atoms with van der Waals surface area (Å²) in [5.74, 6) is -0.351. The van der Waals surface area contributed by atoms with E-state index >= 15 is 0 Å². The molecule has 150 valence electrons. The molecule has 1 saturated carbocycles. The molecule has 7 nitrogen and oxygen atoms in total. The van der Waals surface area contributed by atoms with Crippen molar-refractivity contribution in [3.8, 4) is 0 Å². The molecular formula is C20H26N4O3S. The van der Waals surface area contributed by atoms with Gasteiger partial charge in [0.2, 0.25) is 0 Å². The normalized spacial score (nSPS) is 21.9. The van der Waals surface area contributed by atoms with Crippen LogP contribution in [0.25, 0.3) is 0 Å². The van der Waals surface area contributed by atoms with Crippen molar-refractivity contribution in [2.24, 2.45) is 5.92 Å². The lowest BCUT2D eigenvalue weighted by molar-refractivity contribution is -0.151. The van der Waals surface area contributed by atoms with Crippen LogP contribution in [0.5, 0.6) is 0 Å². The van der Waals surface area contributed by atoms with E-state index in [0.29, 0.717) is 59.1 Å². The quantitative estimate of drug-likeness (QED) is 0.335. The maximum absolute atomic E-state index is 11.9. The predicted octanol–water partition coefficient (Wildman–Crippen LogP) is 3.12. The van der Waals surface area contributed by atoms with E-state index in [0.717, 1.165) is 5.69 Å². The monoisotopic (exact) mass is 402 g/mol. The van der Waals surface area contributed by atoms with Gasteiger partial charge in [0.1, 0.15) is 10.6 Å². The zero-order chi connectivity index (χ0) is 20.3. The number of ether oxygens (including phenoxy) is 1. The van der Waals surface area contributed by atoms with Crippen LogP contribution in [-0.4, -0.2) is 35.4 Å². The van der Waals surface area contributed by atoms with E-state index in [-0.39, 0.29) is 11.9 Å². The molecule has 3 rings (SSSR count). The summed E-state index contributed by atoms with van der Waals surface area (Å²) in [7, 11) is 1.80. The van der Waals surface area contributed by atoms with Crippen molar-refractivity contribution in [2.45, 2.75) is 38.2 Å². The molecule has 0 amide bonds. The fourth-order valence-corrected chi connectivity index (χ4v) is 4.55. The lowest BCUT2D eigenvalue weighted by atomic mass is 9.79. The molecule has 5 N–H and O–H groups in total. The highest BCUT2D eigenvalue weighted by atomic mass is 32.1. The number of thiazole rings is 1. The maximum Gasteiger partial charge on any atom is 0.308 e. The van der Waals surface area contributed by atoms with Gasteiger partial charge in [0, 0.05) is 30.2 Å². The Balaban J connectivity index is 1.76. The zero-order valence-corrected chi connectivity index (χ0v) is 16.9. The second-order valence-corrected chi connectivity index (χ2v) is 8.05. The average molecular weight is 403 g/mol. The van der Waals surface area contributed by atoms with Crippen LogP contribution in [0.2, 0.25) is 0 Å². The van der Waals surface area contributed by atoms with Crippen LogP contribution < -0.4 is 11.1 Å². The predicted molar refractivity (Wildman–Crippen MR) is 111 cm³/mol. The summed E-state index contributed by atoms with van der Waals surface area (Å²) >= 11 is 1.32. The van der Waals surface area contributed by atoms with Crippen LogP contribution in [0.15, 0.2) is 24.4 Å². The van der Waals surface area contributed by atoms with Gasteiger partial charge in [0.25, 0.3) is 0 Å². The summed E-state index contributed by atoms with van der Waals surface area (Å²) in [4.78, 5) is 17.0. The molecule has 0 radical (unpaired) electrons. The van der Waals surface area contributed by atoms with Gasteiger partial charge in [-0.25, -0.2) is 4.98 Å². The Morgan fingerprint density at radius 2 is 2.18 bits per heavy atom. The van der Waals surface area contributed by atoms with Gasteiger partial charge in [0.15, 0.2) is 0 Å². The number of esters is 1. The molecule has 2 aromatic rings. The summed E-state index contributed by atoms with van der Waals surface area (Å²) in [5.41, 5.74) is 7.21. The fourth-order valence-electron chi connectivity index (χ4n) is 3.53. The SMILES string of the molecule is CCOC(=O)C1CCC(O)(c2ncc(C(=N)c3cc(N)ccc3NC)s2)CC1. The first-order valence-corrected chi connectivity index (χ1v) is 10.2. The average Bonchev–Trinajstić information content (AvgIpc) is 3.19. The molecule has 0 aliphatic heterocycles. The van der Waals surface area contributed by atoms with Gasteiger partial charge in [-0.05, 0) is 50.8 Å². The van der Waals surface area contributed by atoms with Crippen molar-refractivity contribution in [1.29, 1.82) is 5.41 Å². The molecule has 0 spiro atoms. The van der Waals surface area contributed by atoms with Crippen molar-refractivity contribution < 1.29 is 14.6 Å². The lowest BCUT2D eigenvalue weighted by Gasteiger charge is -2.33. The van der Waals surface area contributed by atoms with Gasteiger partial charge in [-0.2, -0.15) is 0 Å². The number of nitrogens with zero attached hydrogens (tertiary/aromatic N) is 1. The van der Waals surface area contributed by atoms with Gasteiger partial charge in [-0.1, -0.05) is 0 Å². The second kappa shape index (κ2) is 8.28. The summed E-state index contributed by atoms with van der Waals surface area (Å²) in [6.07, 6.45) is 3.68. The first-order valence-electron chi connectivity index (χ1n) is 9.40. The lowest BCUT2D eigenvalue weighted by Crippen LogP contribution is -2.34. The number of carbonyl (C=O) groups is 1. The van der Waals surface area contributed by atoms with Crippen molar-refractivity contribution in [3.63, 3.8) is 0 Å². The fraction of sp³-hybridized carbons (Fsp3) is 0.450. The summed E-state index contributed by atoms with van der Waals surface area (Å²) in [5, 5.41) is 23.3. The highest BCUT2D eigenvalue weighted by molar-refractivity contribution is 7.14. The molecule has 1 aromatic carbocycles. The molecule has 1 aliphatic rings. The largest absolute Gasteiger partial charge is 0.466 e. The van der Waals surface area contributed by atoms with Gasteiger partial charge >= 0.3 is 5.97 Å². The first-order chi connectivity index (χ1) is 13.4. The number of aromatic nitrogens is 1. The first kappa shape index (κ1) is 20.3. The van der Waals surface area contributed by atoms with E-state index < -0.39 is 5.60 Å². The Labute approximate surface area is 168 Å². The molecule has 0 atom stereocenters. The van der Waals surface area contributed by atoms with Gasteiger partial charge in [-0.3, -0.25) is 10.2 Å². The summed E-state index contributed by atoms with van der Waals surface area (Å²) < 4.78 is 5.09. The topological polar surface area (TPSA) is 121 Å². The third kappa shape index (κ3) is 4.02. The van der Waals surface area contributed by atoms with Crippen LogP contribution in [-0.2, 0) is 15.1 Å². The van der Waals surface area contributed by atoms with Crippen molar-refractivity contribution in [1.82, 2.24) is 4.98 Å². The minimum Gasteiger partial charge on any atom is -0.466 e. The molecule has 0 bridgehead atoms. The van der Waals surface area contributed by atoms with E-state index in [2.05, 4.69) is 10.3 Å².